The molecule has 1 aliphatic heterocycles. The summed E-state index contributed by atoms with van der Waals surface area (Å²) in [6.45, 7) is 1.69. The first-order chi connectivity index (χ1) is 10.7. The summed E-state index contributed by atoms with van der Waals surface area (Å²) in [5, 5.41) is 25.5. The van der Waals surface area contributed by atoms with Crippen LogP contribution in [0.4, 0.5) is 5.13 Å². The maximum Gasteiger partial charge on any atom is 0.183 e. The van der Waals surface area contributed by atoms with E-state index in [2.05, 4.69) is 16.5 Å². The lowest BCUT2D eigenvalue weighted by molar-refractivity contribution is 0.00208. The summed E-state index contributed by atoms with van der Waals surface area (Å²) in [5.74, 6) is 0. The van der Waals surface area contributed by atoms with Crippen molar-refractivity contribution in [3.05, 3.63) is 35.7 Å². The Bertz CT molecular complexity index is 656. The van der Waals surface area contributed by atoms with Gasteiger partial charge in [0.25, 0.3) is 0 Å². The van der Waals surface area contributed by atoms with Crippen molar-refractivity contribution in [1.82, 2.24) is 9.88 Å². The first-order valence-electron chi connectivity index (χ1n) is 7.30. The van der Waals surface area contributed by atoms with E-state index in [4.69, 9.17) is 5.26 Å². The minimum absolute atomic E-state index is 0.466. The summed E-state index contributed by atoms with van der Waals surface area (Å²) in [6.07, 6.45) is 3.33. The van der Waals surface area contributed by atoms with E-state index in [1.165, 1.54) is 0 Å². The van der Waals surface area contributed by atoms with Crippen LogP contribution in [-0.2, 0) is 0 Å². The largest absolute Gasteiger partial charge is 0.388 e. The van der Waals surface area contributed by atoms with Crippen LogP contribution >= 0.6 is 11.3 Å². The number of aliphatic hydroxyl groups is 1. The number of thiazole rings is 1. The Labute approximate surface area is 133 Å². The molecule has 5 nitrogen and oxygen atoms in total. The van der Waals surface area contributed by atoms with Gasteiger partial charge in [-0.15, -0.1) is 11.3 Å². The van der Waals surface area contributed by atoms with E-state index >= 15 is 0 Å². The molecule has 2 heterocycles. The lowest BCUT2D eigenvalue weighted by Gasteiger charge is -2.35. The summed E-state index contributed by atoms with van der Waals surface area (Å²) in [7, 11) is 0. The monoisotopic (exact) mass is 314 g/mol. The Kier molecular flexibility index (Phi) is 4.27. The van der Waals surface area contributed by atoms with Gasteiger partial charge in [-0.25, -0.2) is 4.98 Å². The number of nitriles is 1. The highest BCUT2D eigenvalue weighted by molar-refractivity contribution is 7.14. The third-order valence-corrected chi connectivity index (χ3v) is 4.78. The first kappa shape index (κ1) is 14.8. The van der Waals surface area contributed by atoms with Gasteiger partial charge in [0.15, 0.2) is 11.3 Å². The fourth-order valence-electron chi connectivity index (χ4n) is 2.54. The minimum atomic E-state index is -0.758. The maximum atomic E-state index is 10.5. The molecule has 114 valence electrons. The Morgan fingerprint density at radius 1 is 1.32 bits per heavy atom. The minimum Gasteiger partial charge on any atom is -0.388 e. The van der Waals surface area contributed by atoms with Gasteiger partial charge < -0.3 is 15.3 Å². The van der Waals surface area contributed by atoms with Crippen LogP contribution in [0.2, 0.25) is 0 Å². The van der Waals surface area contributed by atoms with Crippen molar-refractivity contribution >= 4 is 16.5 Å². The van der Waals surface area contributed by atoms with Gasteiger partial charge in [-0.3, -0.25) is 0 Å². The van der Waals surface area contributed by atoms with Crippen LogP contribution in [0, 0.1) is 11.5 Å². The van der Waals surface area contributed by atoms with Gasteiger partial charge in [-0.05, 0) is 12.8 Å². The molecule has 2 N–H and O–H groups in total. The number of aromatic nitrogens is 1. The number of rotatable bonds is 4. The second-order valence-electron chi connectivity index (χ2n) is 5.57. The molecule has 1 aromatic carbocycles. The summed E-state index contributed by atoms with van der Waals surface area (Å²) in [6, 6.07) is 10.0. The highest BCUT2D eigenvalue weighted by Gasteiger charge is 2.32. The Morgan fingerprint density at radius 3 is 2.73 bits per heavy atom. The maximum absolute atomic E-state index is 10.5. The van der Waals surface area contributed by atoms with Crippen molar-refractivity contribution in [2.24, 2.45) is 0 Å². The molecule has 0 saturated carbocycles. The Morgan fingerprint density at radius 2 is 2.05 bits per heavy atom. The number of nitrogens with zero attached hydrogens (tertiary/aromatic N) is 3. The topological polar surface area (TPSA) is 72.2 Å². The van der Waals surface area contributed by atoms with Gasteiger partial charge in [-0.2, -0.15) is 5.26 Å². The molecule has 0 bridgehead atoms. The van der Waals surface area contributed by atoms with Crippen LogP contribution in [0.25, 0.3) is 11.3 Å². The van der Waals surface area contributed by atoms with Crippen molar-refractivity contribution in [1.29, 1.82) is 5.26 Å². The molecule has 6 heteroatoms. The third-order valence-electron chi connectivity index (χ3n) is 3.98. The molecule has 1 aromatic heterocycles. The average molecular weight is 314 g/mol. The number of hydrogen-bond donors (Lipinski definition) is 2. The zero-order valence-corrected chi connectivity index (χ0v) is 13.0. The second kappa shape index (κ2) is 6.34. The van der Waals surface area contributed by atoms with Crippen molar-refractivity contribution in [2.75, 3.05) is 25.0 Å². The third kappa shape index (κ3) is 3.38. The SMILES string of the molecule is N#CN1CCC(O)(CNc2nc(-c3ccccc3)cs2)CC1. The molecule has 1 aliphatic rings. The average Bonchev–Trinajstić information content (AvgIpc) is 3.04. The van der Waals surface area contributed by atoms with Crippen LogP contribution < -0.4 is 5.32 Å². The summed E-state index contributed by atoms with van der Waals surface area (Å²) < 4.78 is 0. The standard InChI is InChI=1S/C16H18N4OS/c17-12-20-8-6-16(21,7-9-20)11-18-15-19-14(10-22-15)13-4-2-1-3-5-13/h1-5,10,21H,6-9,11H2,(H,18,19). The predicted molar refractivity (Wildman–Crippen MR) is 87.4 cm³/mol. The highest BCUT2D eigenvalue weighted by atomic mass is 32.1. The first-order valence-corrected chi connectivity index (χ1v) is 8.18. The van der Waals surface area contributed by atoms with Crippen molar-refractivity contribution in [3.63, 3.8) is 0 Å². The van der Waals surface area contributed by atoms with E-state index in [-0.39, 0.29) is 0 Å². The van der Waals surface area contributed by atoms with E-state index in [1.807, 2.05) is 35.7 Å². The van der Waals surface area contributed by atoms with E-state index in [0.29, 0.717) is 32.5 Å². The van der Waals surface area contributed by atoms with E-state index in [9.17, 15) is 5.11 Å². The number of piperidine rings is 1. The van der Waals surface area contributed by atoms with Gasteiger partial charge >= 0.3 is 0 Å². The smallest absolute Gasteiger partial charge is 0.183 e. The van der Waals surface area contributed by atoms with Crippen molar-refractivity contribution in [2.45, 2.75) is 18.4 Å². The molecule has 3 rings (SSSR count). The number of likely N-dealkylation sites (tertiary alicyclic amines) is 1. The van der Waals surface area contributed by atoms with Gasteiger partial charge in [0, 0.05) is 30.6 Å². The lowest BCUT2D eigenvalue weighted by atomic mass is 9.92. The molecule has 0 aliphatic carbocycles. The lowest BCUT2D eigenvalue weighted by Crippen LogP contribution is -2.46. The molecule has 1 fully saturated rings. The van der Waals surface area contributed by atoms with Gasteiger partial charge in [0.1, 0.15) is 0 Å². The van der Waals surface area contributed by atoms with E-state index in [0.717, 1.165) is 16.4 Å². The van der Waals surface area contributed by atoms with Crippen molar-refractivity contribution < 1.29 is 5.11 Å². The molecular formula is C16H18N4OS. The van der Waals surface area contributed by atoms with Crippen LogP contribution in [0.1, 0.15) is 12.8 Å². The molecule has 2 aromatic rings. The van der Waals surface area contributed by atoms with Gasteiger partial charge in [-0.1, -0.05) is 30.3 Å². The highest BCUT2D eigenvalue weighted by Crippen LogP contribution is 2.27. The van der Waals surface area contributed by atoms with Crippen LogP contribution in [-0.4, -0.2) is 40.2 Å². The van der Waals surface area contributed by atoms with Gasteiger partial charge in [0.2, 0.25) is 0 Å². The quantitative estimate of drug-likeness (QED) is 0.849. The van der Waals surface area contributed by atoms with E-state index < -0.39 is 5.60 Å². The number of nitrogens with one attached hydrogen (secondary N) is 1. The molecule has 0 unspecified atom stereocenters. The van der Waals surface area contributed by atoms with Crippen LogP contribution in [0.3, 0.4) is 0 Å². The van der Waals surface area contributed by atoms with Crippen LogP contribution in [0.5, 0.6) is 0 Å². The Hall–Kier alpha value is -2.10. The molecule has 0 atom stereocenters. The van der Waals surface area contributed by atoms with Crippen LogP contribution in [0.15, 0.2) is 35.7 Å². The molecule has 0 radical (unpaired) electrons. The van der Waals surface area contributed by atoms with E-state index in [1.54, 1.807) is 16.2 Å². The molecule has 0 amide bonds. The second-order valence-corrected chi connectivity index (χ2v) is 6.43. The Balaban J connectivity index is 1.59. The normalized spacial score (nSPS) is 17.0. The number of benzene rings is 1. The summed E-state index contributed by atoms with van der Waals surface area (Å²) in [4.78, 5) is 6.25. The molecule has 1 saturated heterocycles. The zero-order valence-electron chi connectivity index (χ0n) is 12.2. The molecule has 22 heavy (non-hydrogen) atoms. The molecule has 0 spiro atoms. The van der Waals surface area contributed by atoms with Gasteiger partial charge in [0.05, 0.1) is 11.3 Å². The number of hydrogen-bond acceptors (Lipinski definition) is 6. The number of anilines is 1. The fourth-order valence-corrected chi connectivity index (χ4v) is 3.25. The van der Waals surface area contributed by atoms with Crippen molar-refractivity contribution in [3.8, 4) is 17.5 Å². The fraction of sp³-hybridized carbons (Fsp3) is 0.375. The predicted octanol–water partition coefficient (Wildman–Crippen LogP) is 2.53. The summed E-state index contributed by atoms with van der Waals surface area (Å²) in [5.41, 5.74) is 1.28. The zero-order chi connectivity index (χ0) is 15.4. The molecular weight excluding hydrogens is 296 g/mol. The summed E-state index contributed by atoms with van der Waals surface area (Å²) >= 11 is 1.54.